The molecule has 3 atom stereocenters. The maximum absolute atomic E-state index is 12.3. The third kappa shape index (κ3) is 3.74. The fraction of sp³-hybridized carbons (Fsp3) is 0.500. The number of hydrogen-bond donors (Lipinski definition) is 3. The van der Waals surface area contributed by atoms with E-state index in [0.29, 0.717) is 17.0 Å². The SMILES string of the molecule is CC1CCC(NC(=O)c2ccc(C(N)=NO)cc2)C(C)C1. The topological polar surface area (TPSA) is 87.7 Å². The van der Waals surface area contributed by atoms with Gasteiger partial charge in [-0.05, 0) is 43.2 Å². The standard InChI is InChI=1S/C16H23N3O2/c1-10-3-8-14(11(2)9-10)18-16(20)13-6-4-12(5-7-13)15(17)19-21/h4-7,10-11,14,21H,3,8-9H2,1-2H3,(H2,17,19)(H,18,20). The second kappa shape index (κ2) is 6.61. The van der Waals surface area contributed by atoms with Gasteiger partial charge in [-0.3, -0.25) is 4.79 Å². The minimum atomic E-state index is -0.0625. The Morgan fingerprint density at radius 2 is 1.86 bits per heavy atom. The fourth-order valence-corrected chi connectivity index (χ4v) is 2.98. The fourth-order valence-electron chi connectivity index (χ4n) is 2.98. The number of nitrogens with one attached hydrogen (secondary N) is 1. The van der Waals surface area contributed by atoms with Crippen LogP contribution in [0.2, 0.25) is 0 Å². The van der Waals surface area contributed by atoms with Gasteiger partial charge in [-0.15, -0.1) is 0 Å². The van der Waals surface area contributed by atoms with Gasteiger partial charge in [0.25, 0.3) is 5.91 Å². The summed E-state index contributed by atoms with van der Waals surface area (Å²) in [6, 6.07) is 6.99. The van der Waals surface area contributed by atoms with Crippen LogP contribution in [0, 0.1) is 11.8 Å². The number of hydrogen-bond acceptors (Lipinski definition) is 3. The lowest BCUT2D eigenvalue weighted by Gasteiger charge is -2.33. The Morgan fingerprint density at radius 3 is 2.43 bits per heavy atom. The summed E-state index contributed by atoms with van der Waals surface area (Å²) in [7, 11) is 0. The summed E-state index contributed by atoms with van der Waals surface area (Å²) in [5.74, 6) is 1.23. The number of nitrogens with zero attached hydrogens (tertiary/aromatic N) is 1. The van der Waals surface area contributed by atoms with Crippen LogP contribution in [0.15, 0.2) is 29.4 Å². The van der Waals surface area contributed by atoms with Gasteiger partial charge in [0.2, 0.25) is 0 Å². The molecule has 1 fully saturated rings. The zero-order chi connectivity index (χ0) is 15.4. The zero-order valence-corrected chi connectivity index (χ0v) is 12.5. The summed E-state index contributed by atoms with van der Waals surface area (Å²) in [6.07, 6.45) is 3.36. The molecular formula is C16H23N3O2. The molecule has 1 aliphatic carbocycles. The predicted octanol–water partition coefficient (Wildman–Crippen LogP) is 2.34. The molecule has 5 nitrogen and oxygen atoms in total. The summed E-state index contributed by atoms with van der Waals surface area (Å²) >= 11 is 0. The molecule has 0 bridgehead atoms. The molecule has 0 heterocycles. The molecule has 1 saturated carbocycles. The first-order valence-corrected chi connectivity index (χ1v) is 7.40. The highest BCUT2D eigenvalue weighted by Gasteiger charge is 2.26. The van der Waals surface area contributed by atoms with Crippen LogP contribution in [0.1, 0.15) is 49.0 Å². The Hall–Kier alpha value is -2.04. The lowest BCUT2D eigenvalue weighted by molar-refractivity contribution is 0.0899. The van der Waals surface area contributed by atoms with Gasteiger partial charge < -0.3 is 16.3 Å². The van der Waals surface area contributed by atoms with E-state index in [1.54, 1.807) is 24.3 Å². The number of amidine groups is 1. The van der Waals surface area contributed by atoms with E-state index >= 15 is 0 Å². The second-order valence-corrected chi connectivity index (χ2v) is 6.04. The third-order valence-corrected chi connectivity index (χ3v) is 4.30. The van der Waals surface area contributed by atoms with Crippen LogP contribution < -0.4 is 11.1 Å². The van der Waals surface area contributed by atoms with E-state index in [0.717, 1.165) is 25.2 Å². The van der Waals surface area contributed by atoms with Crippen molar-refractivity contribution in [2.45, 2.75) is 39.2 Å². The van der Waals surface area contributed by atoms with Crippen molar-refractivity contribution in [3.8, 4) is 0 Å². The van der Waals surface area contributed by atoms with E-state index in [1.165, 1.54) is 0 Å². The average Bonchev–Trinajstić information content (AvgIpc) is 2.49. The van der Waals surface area contributed by atoms with E-state index in [2.05, 4.69) is 24.3 Å². The molecule has 21 heavy (non-hydrogen) atoms. The first kappa shape index (κ1) is 15.4. The lowest BCUT2D eigenvalue weighted by atomic mass is 9.80. The van der Waals surface area contributed by atoms with E-state index in [4.69, 9.17) is 10.9 Å². The molecule has 0 aliphatic heterocycles. The highest BCUT2D eigenvalue weighted by atomic mass is 16.4. The zero-order valence-electron chi connectivity index (χ0n) is 12.5. The van der Waals surface area contributed by atoms with Crippen molar-refractivity contribution in [1.82, 2.24) is 5.32 Å². The average molecular weight is 289 g/mol. The van der Waals surface area contributed by atoms with Crippen molar-refractivity contribution in [2.75, 3.05) is 0 Å². The Morgan fingerprint density at radius 1 is 1.24 bits per heavy atom. The smallest absolute Gasteiger partial charge is 0.251 e. The molecule has 0 aromatic heterocycles. The van der Waals surface area contributed by atoms with Crippen LogP contribution in [0.5, 0.6) is 0 Å². The van der Waals surface area contributed by atoms with Gasteiger partial charge in [0, 0.05) is 17.2 Å². The highest BCUT2D eigenvalue weighted by Crippen LogP contribution is 2.28. The Labute approximate surface area is 125 Å². The normalized spacial score (nSPS) is 26.4. The molecule has 0 spiro atoms. The van der Waals surface area contributed by atoms with Crippen LogP contribution >= 0.6 is 0 Å². The number of rotatable bonds is 3. The molecule has 0 radical (unpaired) electrons. The summed E-state index contributed by atoms with van der Waals surface area (Å²) in [4.78, 5) is 12.3. The van der Waals surface area contributed by atoms with Crippen molar-refractivity contribution < 1.29 is 10.0 Å². The number of benzene rings is 1. The number of nitrogens with two attached hydrogens (primary N) is 1. The molecule has 1 amide bonds. The van der Waals surface area contributed by atoms with Crippen molar-refractivity contribution in [3.05, 3.63) is 35.4 Å². The van der Waals surface area contributed by atoms with Crippen LogP contribution in [0.3, 0.4) is 0 Å². The molecule has 5 heteroatoms. The van der Waals surface area contributed by atoms with Crippen LogP contribution in [0.4, 0.5) is 0 Å². The van der Waals surface area contributed by atoms with Crippen LogP contribution in [-0.2, 0) is 0 Å². The summed E-state index contributed by atoms with van der Waals surface area (Å²) in [6.45, 7) is 4.46. The van der Waals surface area contributed by atoms with Gasteiger partial charge in [-0.1, -0.05) is 31.1 Å². The van der Waals surface area contributed by atoms with Crippen molar-refractivity contribution >= 4 is 11.7 Å². The minimum Gasteiger partial charge on any atom is -0.409 e. The molecule has 2 rings (SSSR count). The quantitative estimate of drug-likeness (QED) is 0.345. The predicted molar refractivity (Wildman–Crippen MR) is 82.4 cm³/mol. The maximum atomic E-state index is 12.3. The van der Waals surface area contributed by atoms with Crippen molar-refractivity contribution in [1.29, 1.82) is 0 Å². The molecule has 1 aromatic carbocycles. The Balaban J connectivity index is 2.00. The van der Waals surface area contributed by atoms with Crippen molar-refractivity contribution in [2.24, 2.45) is 22.7 Å². The van der Waals surface area contributed by atoms with Gasteiger partial charge in [-0.25, -0.2) is 0 Å². The van der Waals surface area contributed by atoms with Gasteiger partial charge in [0.1, 0.15) is 0 Å². The monoisotopic (exact) mass is 289 g/mol. The highest BCUT2D eigenvalue weighted by molar-refractivity contribution is 5.99. The molecule has 1 aromatic rings. The van der Waals surface area contributed by atoms with Gasteiger partial charge in [0.15, 0.2) is 5.84 Å². The van der Waals surface area contributed by atoms with E-state index in [1.807, 2.05) is 0 Å². The minimum absolute atomic E-state index is 0.0387. The molecular weight excluding hydrogens is 266 g/mol. The van der Waals surface area contributed by atoms with E-state index in [-0.39, 0.29) is 17.8 Å². The lowest BCUT2D eigenvalue weighted by Crippen LogP contribution is -2.42. The molecule has 3 unspecified atom stereocenters. The van der Waals surface area contributed by atoms with Gasteiger partial charge in [-0.2, -0.15) is 0 Å². The molecule has 0 saturated heterocycles. The summed E-state index contributed by atoms with van der Waals surface area (Å²) in [5, 5.41) is 14.7. The second-order valence-electron chi connectivity index (χ2n) is 6.04. The number of carbonyl (C=O) groups excluding carboxylic acids is 1. The number of amides is 1. The Bertz CT molecular complexity index is 525. The third-order valence-electron chi connectivity index (χ3n) is 4.30. The Kier molecular flexibility index (Phi) is 4.83. The molecule has 1 aliphatic rings. The number of carbonyl (C=O) groups is 1. The number of oxime groups is 1. The van der Waals surface area contributed by atoms with E-state index in [9.17, 15) is 4.79 Å². The largest absolute Gasteiger partial charge is 0.409 e. The first-order valence-electron chi connectivity index (χ1n) is 7.40. The van der Waals surface area contributed by atoms with Gasteiger partial charge in [0.05, 0.1) is 0 Å². The summed E-state index contributed by atoms with van der Waals surface area (Å²) in [5.41, 5.74) is 6.68. The maximum Gasteiger partial charge on any atom is 0.251 e. The van der Waals surface area contributed by atoms with Crippen molar-refractivity contribution in [3.63, 3.8) is 0 Å². The van der Waals surface area contributed by atoms with Gasteiger partial charge >= 0.3 is 0 Å². The van der Waals surface area contributed by atoms with Crippen LogP contribution in [0.25, 0.3) is 0 Å². The van der Waals surface area contributed by atoms with Crippen LogP contribution in [-0.4, -0.2) is 23.0 Å². The molecule has 4 N–H and O–H groups in total. The van der Waals surface area contributed by atoms with E-state index < -0.39 is 0 Å². The summed E-state index contributed by atoms with van der Waals surface area (Å²) < 4.78 is 0. The molecule has 114 valence electrons. The first-order chi connectivity index (χ1) is 10.0.